The van der Waals surface area contributed by atoms with E-state index < -0.39 is 0 Å². The molecule has 2 aromatic carbocycles. The molecule has 0 bridgehead atoms. The van der Waals surface area contributed by atoms with Gasteiger partial charge in [0.05, 0.1) is 11.4 Å². The molecule has 0 aliphatic heterocycles. The lowest BCUT2D eigenvalue weighted by Gasteiger charge is -2.01. The minimum absolute atomic E-state index is 0.237. The van der Waals surface area contributed by atoms with Crippen LogP contribution in [0.25, 0.3) is 0 Å². The summed E-state index contributed by atoms with van der Waals surface area (Å²) in [7, 11) is 0. The number of carbonyl (C=O) groups excluding carboxylic acids is 1. The number of hydrogen-bond donors (Lipinski definition) is 1. The highest BCUT2D eigenvalue weighted by Gasteiger charge is 1.96. The Morgan fingerprint density at radius 2 is 1.53 bits per heavy atom. The molecule has 0 unspecified atom stereocenters. The maximum Gasteiger partial charge on any atom is 0.247 e. The van der Waals surface area contributed by atoms with E-state index in [4.69, 9.17) is 0 Å². The molecule has 0 saturated carbocycles. The van der Waals surface area contributed by atoms with Crippen LogP contribution in [0, 0.1) is 0 Å². The molecule has 0 aliphatic carbocycles. The van der Waals surface area contributed by atoms with Crippen molar-refractivity contribution in [1.29, 1.82) is 0 Å². The van der Waals surface area contributed by atoms with Crippen molar-refractivity contribution < 1.29 is 4.79 Å². The second-order valence-electron chi connectivity index (χ2n) is 3.78. The first-order chi connectivity index (χ1) is 9.28. The molecule has 1 amide bonds. The molecule has 0 spiro atoms. The van der Waals surface area contributed by atoms with Crippen LogP contribution in [-0.4, -0.2) is 5.91 Å². The Kier molecular flexibility index (Phi) is 4.18. The Morgan fingerprint density at radius 1 is 0.947 bits per heavy atom. The topological polar surface area (TPSA) is 53.8 Å². The molecule has 0 aliphatic rings. The maximum absolute atomic E-state index is 11.1. The lowest BCUT2D eigenvalue weighted by Crippen LogP contribution is -2.06. The molecule has 19 heavy (non-hydrogen) atoms. The summed E-state index contributed by atoms with van der Waals surface area (Å²) in [5.41, 5.74) is 2.22. The SMILES string of the molecule is C=CC(=O)Nc1ccc(N=Nc2ccccc2)cc1. The summed E-state index contributed by atoms with van der Waals surface area (Å²) in [5, 5.41) is 10.9. The first kappa shape index (κ1) is 12.7. The lowest BCUT2D eigenvalue weighted by atomic mass is 10.3. The van der Waals surface area contributed by atoms with Crippen LogP contribution < -0.4 is 5.32 Å². The van der Waals surface area contributed by atoms with Crippen molar-refractivity contribution >= 4 is 23.0 Å². The quantitative estimate of drug-likeness (QED) is 0.641. The van der Waals surface area contributed by atoms with Crippen molar-refractivity contribution in [3.8, 4) is 0 Å². The molecular weight excluding hydrogens is 238 g/mol. The predicted octanol–water partition coefficient (Wildman–Crippen LogP) is 4.23. The number of hydrogen-bond acceptors (Lipinski definition) is 3. The highest BCUT2D eigenvalue weighted by atomic mass is 16.1. The van der Waals surface area contributed by atoms with Crippen LogP contribution in [0.4, 0.5) is 17.1 Å². The minimum Gasteiger partial charge on any atom is -0.323 e. The molecule has 0 fully saturated rings. The van der Waals surface area contributed by atoms with Crippen molar-refractivity contribution in [1.82, 2.24) is 0 Å². The first-order valence-electron chi connectivity index (χ1n) is 5.78. The first-order valence-corrected chi connectivity index (χ1v) is 5.78. The number of benzene rings is 2. The molecular formula is C15H13N3O. The number of rotatable bonds is 4. The number of azo groups is 1. The Balaban J connectivity index is 2.05. The van der Waals surface area contributed by atoms with Gasteiger partial charge in [0.2, 0.25) is 5.91 Å². The van der Waals surface area contributed by atoms with E-state index >= 15 is 0 Å². The second-order valence-corrected chi connectivity index (χ2v) is 3.78. The molecule has 4 heteroatoms. The van der Waals surface area contributed by atoms with Gasteiger partial charge in [-0.1, -0.05) is 24.8 Å². The van der Waals surface area contributed by atoms with Crippen LogP contribution in [0.1, 0.15) is 0 Å². The highest BCUT2D eigenvalue weighted by Crippen LogP contribution is 2.19. The van der Waals surface area contributed by atoms with E-state index in [0.717, 1.165) is 11.4 Å². The Hall–Kier alpha value is -2.75. The van der Waals surface area contributed by atoms with Crippen LogP contribution in [0.3, 0.4) is 0 Å². The summed E-state index contributed by atoms with van der Waals surface area (Å²) in [6.07, 6.45) is 1.23. The Labute approximate surface area is 111 Å². The van der Waals surface area contributed by atoms with E-state index in [-0.39, 0.29) is 5.91 Å². The van der Waals surface area contributed by atoms with Gasteiger partial charge in [-0.2, -0.15) is 10.2 Å². The van der Waals surface area contributed by atoms with E-state index in [1.165, 1.54) is 6.08 Å². The Bertz CT molecular complexity index is 589. The average molecular weight is 251 g/mol. The molecule has 0 saturated heterocycles. The van der Waals surface area contributed by atoms with Gasteiger partial charge in [0, 0.05) is 5.69 Å². The molecule has 94 valence electrons. The standard InChI is InChI=1S/C15H13N3O/c1-2-15(19)16-12-8-10-14(11-9-12)18-17-13-6-4-3-5-7-13/h2-11H,1H2,(H,16,19). The maximum atomic E-state index is 11.1. The van der Waals surface area contributed by atoms with E-state index in [2.05, 4.69) is 22.1 Å². The third-order valence-electron chi connectivity index (χ3n) is 2.36. The van der Waals surface area contributed by atoms with Crippen LogP contribution in [0.15, 0.2) is 77.5 Å². The Morgan fingerprint density at radius 3 is 2.11 bits per heavy atom. The normalized spacial score (nSPS) is 10.3. The predicted molar refractivity (Wildman–Crippen MR) is 75.9 cm³/mol. The van der Waals surface area contributed by atoms with Crippen LogP contribution >= 0.6 is 0 Å². The van der Waals surface area contributed by atoms with Gasteiger partial charge in [-0.25, -0.2) is 0 Å². The van der Waals surface area contributed by atoms with E-state index in [1.54, 1.807) is 24.3 Å². The van der Waals surface area contributed by atoms with Crippen LogP contribution in [0.5, 0.6) is 0 Å². The fourth-order valence-corrected chi connectivity index (χ4v) is 1.41. The largest absolute Gasteiger partial charge is 0.323 e. The zero-order valence-electron chi connectivity index (χ0n) is 10.3. The van der Waals surface area contributed by atoms with Gasteiger partial charge in [-0.15, -0.1) is 0 Å². The summed E-state index contributed by atoms with van der Waals surface area (Å²) in [5.74, 6) is -0.237. The molecule has 0 aromatic heterocycles. The summed E-state index contributed by atoms with van der Waals surface area (Å²) >= 11 is 0. The third-order valence-corrected chi connectivity index (χ3v) is 2.36. The molecule has 2 aromatic rings. The smallest absolute Gasteiger partial charge is 0.247 e. The fraction of sp³-hybridized carbons (Fsp3) is 0. The van der Waals surface area contributed by atoms with E-state index in [0.29, 0.717) is 5.69 Å². The molecule has 4 nitrogen and oxygen atoms in total. The van der Waals surface area contributed by atoms with Crippen molar-refractivity contribution in [2.24, 2.45) is 10.2 Å². The summed E-state index contributed by atoms with van der Waals surface area (Å²) in [6.45, 7) is 3.39. The molecule has 1 N–H and O–H groups in total. The second kappa shape index (κ2) is 6.26. The van der Waals surface area contributed by atoms with Crippen molar-refractivity contribution in [2.45, 2.75) is 0 Å². The van der Waals surface area contributed by atoms with E-state index in [1.807, 2.05) is 30.3 Å². The van der Waals surface area contributed by atoms with Gasteiger partial charge in [0.25, 0.3) is 0 Å². The lowest BCUT2D eigenvalue weighted by molar-refractivity contribution is -0.111. The van der Waals surface area contributed by atoms with Crippen molar-refractivity contribution in [3.63, 3.8) is 0 Å². The zero-order chi connectivity index (χ0) is 13.5. The summed E-state index contributed by atoms with van der Waals surface area (Å²) in [4.78, 5) is 11.1. The van der Waals surface area contributed by atoms with Gasteiger partial charge in [0.15, 0.2) is 0 Å². The highest BCUT2D eigenvalue weighted by molar-refractivity contribution is 5.98. The van der Waals surface area contributed by atoms with Gasteiger partial charge in [-0.05, 0) is 42.5 Å². The summed E-state index contributed by atoms with van der Waals surface area (Å²) in [6, 6.07) is 16.6. The van der Waals surface area contributed by atoms with Gasteiger partial charge < -0.3 is 5.32 Å². The van der Waals surface area contributed by atoms with Gasteiger partial charge in [0.1, 0.15) is 0 Å². The van der Waals surface area contributed by atoms with Crippen LogP contribution in [-0.2, 0) is 4.79 Å². The van der Waals surface area contributed by atoms with Crippen molar-refractivity contribution in [3.05, 3.63) is 67.3 Å². The van der Waals surface area contributed by atoms with Gasteiger partial charge >= 0.3 is 0 Å². The van der Waals surface area contributed by atoms with E-state index in [9.17, 15) is 4.79 Å². The monoisotopic (exact) mass is 251 g/mol. The number of nitrogens with zero attached hydrogens (tertiary/aromatic N) is 2. The number of nitrogens with one attached hydrogen (secondary N) is 1. The van der Waals surface area contributed by atoms with Crippen molar-refractivity contribution in [2.75, 3.05) is 5.32 Å². The minimum atomic E-state index is -0.237. The number of anilines is 1. The van der Waals surface area contributed by atoms with Gasteiger partial charge in [-0.3, -0.25) is 4.79 Å². The molecule has 0 heterocycles. The summed E-state index contributed by atoms with van der Waals surface area (Å²) < 4.78 is 0. The molecule has 0 atom stereocenters. The number of carbonyl (C=O) groups is 1. The van der Waals surface area contributed by atoms with Crippen LogP contribution in [0.2, 0.25) is 0 Å². The average Bonchev–Trinajstić information content (AvgIpc) is 2.47. The zero-order valence-corrected chi connectivity index (χ0v) is 10.3. The third kappa shape index (κ3) is 3.89. The fourth-order valence-electron chi connectivity index (χ4n) is 1.41. The number of amides is 1. The molecule has 0 radical (unpaired) electrons. The molecule has 2 rings (SSSR count).